The van der Waals surface area contributed by atoms with Crippen molar-refractivity contribution in [3.8, 4) is 0 Å². The fourth-order valence-electron chi connectivity index (χ4n) is 6.84. The summed E-state index contributed by atoms with van der Waals surface area (Å²) < 4.78 is 0. The normalized spacial score (nSPS) is 13.3. The molecule has 4 heteroatoms. The van der Waals surface area contributed by atoms with E-state index in [9.17, 15) is 15.0 Å². The van der Waals surface area contributed by atoms with Crippen LogP contribution in [0.3, 0.4) is 0 Å². The van der Waals surface area contributed by atoms with Gasteiger partial charge in [-0.2, -0.15) is 0 Å². The second-order valence-corrected chi connectivity index (χ2v) is 15.5. The van der Waals surface area contributed by atoms with Crippen molar-refractivity contribution in [3.05, 3.63) is 36.5 Å². The van der Waals surface area contributed by atoms with E-state index in [0.29, 0.717) is 6.42 Å². The first kappa shape index (κ1) is 49.6. The summed E-state index contributed by atoms with van der Waals surface area (Å²) in [5.41, 5.74) is 0. The van der Waals surface area contributed by atoms with Gasteiger partial charge in [-0.25, -0.2) is 0 Å². The number of amides is 1. The van der Waals surface area contributed by atoms with Gasteiger partial charge in [0.05, 0.1) is 18.8 Å². The standard InChI is InChI=1S/C47H89NO3/c1-3-5-7-9-11-13-15-17-18-19-20-21-22-23-24-25-26-27-28-29-30-31-32-34-36-38-40-42-46(50)45(44-49)48-47(51)43-41-39-37-35-33-16-14-12-10-8-6-4-2/h12,14,32,34,40,42,45-46,49-50H,3-11,13,15-31,33,35-39,41,43-44H2,1-2H3,(H,48,51)/b14-12-,34-32+,42-40+. The minimum absolute atomic E-state index is 0.0836. The highest BCUT2D eigenvalue weighted by Crippen LogP contribution is 2.16. The van der Waals surface area contributed by atoms with Gasteiger partial charge in [0.15, 0.2) is 0 Å². The van der Waals surface area contributed by atoms with Crippen molar-refractivity contribution in [1.82, 2.24) is 5.32 Å². The second-order valence-electron chi connectivity index (χ2n) is 15.5. The van der Waals surface area contributed by atoms with Crippen LogP contribution in [0.2, 0.25) is 0 Å². The molecule has 0 aromatic rings. The van der Waals surface area contributed by atoms with Crippen molar-refractivity contribution in [1.29, 1.82) is 0 Å². The van der Waals surface area contributed by atoms with Crippen molar-refractivity contribution in [3.63, 3.8) is 0 Å². The van der Waals surface area contributed by atoms with Crippen LogP contribution in [0.25, 0.3) is 0 Å². The summed E-state index contributed by atoms with van der Waals surface area (Å²) in [5.74, 6) is -0.0836. The Morgan fingerprint density at radius 3 is 1.18 bits per heavy atom. The minimum atomic E-state index is -0.864. The Kier molecular flexibility index (Phi) is 41.8. The van der Waals surface area contributed by atoms with Crippen LogP contribution in [0.4, 0.5) is 0 Å². The zero-order valence-corrected chi connectivity index (χ0v) is 34.4. The Balaban J connectivity index is 3.54. The predicted octanol–water partition coefficient (Wildman–Crippen LogP) is 14.2. The molecule has 51 heavy (non-hydrogen) atoms. The Labute approximate surface area is 319 Å². The summed E-state index contributed by atoms with van der Waals surface area (Å²) in [7, 11) is 0. The first-order valence-electron chi connectivity index (χ1n) is 22.7. The Morgan fingerprint density at radius 1 is 0.451 bits per heavy atom. The summed E-state index contributed by atoms with van der Waals surface area (Å²) in [5, 5.41) is 22.9. The van der Waals surface area contributed by atoms with Crippen molar-refractivity contribution in [2.75, 3.05) is 6.61 Å². The number of allylic oxidation sites excluding steroid dienone is 5. The number of hydrogen-bond donors (Lipinski definition) is 3. The summed E-state index contributed by atoms with van der Waals surface area (Å²) in [6.45, 7) is 4.27. The van der Waals surface area contributed by atoms with E-state index in [1.165, 1.54) is 173 Å². The van der Waals surface area contributed by atoms with E-state index in [1.54, 1.807) is 6.08 Å². The second kappa shape index (κ2) is 43.0. The Bertz CT molecular complexity index is 775. The highest BCUT2D eigenvalue weighted by Gasteiger charge is 2.17. The third-order valence-electron chi connectivity index (χ3n) is 10.3. The lowest BCUT2D eigenvalue weighted by Crippen LogP contribution is -2.45. The molecule has 0 heterocycles. The molecule has 2 atom stereocenters. The molecule has 0 aliphatic carbocycles. The highest BCUT2D eigenvalue weighted by atomic mass is 16.3. The van der Waals surface area contributed by atoms with E-state index >= 15 is 0 Å². The molecule has 0 saturated heterocycles. The van der Waals surface area contributed by atoms with E-state index in [-0.39, 0.29) is 12.5 Å². The summed E-state index contributed by atoms with van der Waals surface area (Å²) in [6.07, 6.45) is 57.0. The molecule has 3 N–H and O–H groups in total. The number of unbranched alkanes of at least 4 members (excludes halogenated alkanes) is 30. The predicted molar refractivity (Wildman–Crippen MR) is 225 cm³/mol. The first-order valence-corrected chi connectivity index (χ1v) is 22.7. The number of aliphatic hydroxyl groups is 2. The molecule has 0 aromatic heterocycles. The third-order valence-corrected chi connectivity index (χ3v) is 10.3. The summed E-state index contributed by atoms with van der Waals surface area (Å²) in [6, 6.07) is -0.641. The van der Waals surface area contributed by atoms with Crippen molar-refractivity contribution in [2.24, 2.45) is 0 Å². The highest BCUT2D eigenvalue weighted by molar-refractivity contribution is 5.76. The molecular weight excluding hydrogens is 627 g/mol. The van der Waals surface area contributed by atoms with E-state index < -0.39 is 12.1 Å². The molecule has 0 spiro atoms. The largest absolute Gasteiger partial charge is 0.394 e. The van der Waals surface area contributed by atoms with Gasteiger partial charge < -0.3 is 15.5 Å². The quantitative estimate of drug-likeness (QED) is 0.0436. The van der Waals surface area contributed by atoms with Crippen LogP contribution in [-0.4, -0.2) is 34.9 Å². The third kappa shape index (κ3) is 39.6. The maximum absolute atomic E-state index is 12.3. The monoisotopic (exact) mass is 716 g/mol. The van der Waals surface area contributed by atoms with E-state index in [2.05, 4.69) is 43.5 Å². The van der Waals surface area contributed by atoms with Crippen molar-refractivity contribution >= 4 is 5.91 Å². The van der Waals surface area contributed by atoms with Crippen LogP contribution in [-0.2, 0) is 4.79 Å². The maximum atomic E-state index is 12.3. The number of hydrogen-bond acceptors (Lipinski definition) is 3. The van der Waals surface area contributed by atoms with Crippen LogP contribution in [0, 0.1) is 0 Å². The molecule has 0 fully saturated rings. The molecule has 0 aromatic carbocycles. The van der Waals surface area contributed by atoms with E-state index in [0.717, 1.165) is 44.9 Å². The lowest BCUT2D eigenvalue weighted by molar-refractivity contribution is -0.123. The Hall–Kier alpha value is -1.39. The average molecular weight is 716 g/mol. The molecule has 300 valence electrons. The van der Waals surface area contributed by atoms with Gasteiger partial charge in [0, 0.05) is 6.42 Å². The van der Waals surface area contributed by atoms with Gasteiger partial charge in [-0.1, -0.05) is 211 Å². The molecule has 0 radical (unpaired) electrons. The number of nitrogens with one attached hydrogen (secondary N) is 1. The summed E-state index contributed by atoms with van der Waals surface area (Å²) in [4.78, 5) is 12.3. The molecule has 2 unspecified atom stereocenters. The van der Waals surface area contributed by atoms with Crippen molar-refractivity contribution in [2.45, 2.75) is 251 Å². The van der Waals surface area contributed by atoms with Gasteiger partial charge in [0.1, 0.15) is 0 Å². The van der Waals surface area contributed by atoms with Gasteiger partial charge in [0.25, 0.3) is 0 Å². The molecule has 0 rings (SSSR count). The van der Waals surface area contributed by atoms with E-state index in [1.807, 2.05) is 6.08 Å². The van der Waals surface area contributed by atoms with Crippen LogP contribution in [0.5, 0.6) is 0 Å². The van der Waals surface area contributed by atoms with Crippen LogP contribution in [0.1, 0.15) is 239 Å². The van der Waals surface area contributed by atoms with Crippen LogP contribution >= 0.6 is 0 Å². The van der Waals surface area contributed by atoms with Crippen LogP contribution in [0.15, 0.2) is 36.5 Å². The topological polar surface area (TPSA) is 69.6 Å². The zero-order valence-electron chi connectivity index (χ0n) is 34.4. The van der Waals surface area contributed by atoms with Gasteiger partial charge in [0.2, 0.25) is 5.91 Å². The molecule has 0 aliphatic rings. The zero-order chi connectivity index (χ0) is 37.1. The van der Waals surface area contributed by atoms with Gasteiger partial charge in [-0.05, 0) is 57.8 Å². The fraction of sp³-hybridized carbons (Fsp3) is 0.851. The molecule has 0 bridgehead atoms. The lowest BCUT2D eigenvalue weighted by atomic mass is 10.0. The fourth-order valence-corrected chi connectivity index (χ4v) is 6.84. The number of rotatable bonds is 41. The van der Waals surface area contributed by atoms with E-state index in [4.69, 9.17) is 0 Å². The van der Waals surface area contributed by atoms with Gasteiger partial charge in [-0.3, -0.25) is 4.79 Å². The average Bonchev–Trinajstić information content (AvgIpc) is 3.13. The van der Waals surface area contributed by atoms with Crippen LogP contribution < -0.4 is 5.32 Å². The van der Waals surface area contributed by atoms with Gasteiger partial charge >= 0.3 is 0 Å². The molecular formula is C47H89NO3. The summed E-state index contributed by atoms with van der Waals surface area (Å²) >= 11 is 0. The first-order chi connectivity index (χ1) is 25.2. The molecule has 0 saturated carbocycles. The number of carbonyl (C=O) groups excluding carboxylic acids is 1. The smallest absolute Gasteiger partial charge is 0.220 e. The SMILES string of the molecule is CCCCC/C=C\CCCCCCCC(=O)NC(CO)C(O)/C=C/CC/C=C/CCCCCCCCCCCCCCCCCCCCCCC. The van der Waals surface area contributed by atoms with Crippen molar-refractivity contribution < 1.29 is 15.0 Å². The minimum Gasteiger partial charge on any atom is -0.394 e. The Morgan fingerprint density at radius 2 is 0.765 bits per heavy atom. The molecule has 4 nitrogen and oxygen atoms in total. The molecule has 0 aliphatic heterocycles. The lowest BCUT2D eigenvalue weighted by Gasteiger charge is -2.19. The number of aliphatic hydroxyl groups excluding tert-OH is 2. The van der Waals surface area contributed by atoms with Gasteiger partial charge in [-0.15, -0.1) is 0 Å². The number of carbonyl (C=O) groups is 1. The maximum Gasteiger partial charge on any atom is 0.220 e. The molecule has 1 amide bonds.